The van der Waals surface area contributed by atoms with E-state index in [4.69, 9.17) is 9.73 Å². The van der Waals surface area contributed by atoms with Crippen LogP contribution in [-0.2, 0) is 14.3 Å². The van der Waals surface area contributed by atoms with Crippen molar-refractivity contribution in [3.8, 4) is 0 Å². The quantitative estimate of drug-likeness (QED) is 0.702. The highest BCUT2D eigenvalue weighted by Crippen LogP contribution is 2.43. The maximum atomic E-state index is 13.3. The molecule has 1 amide bonds. The number of hydrogen-bond donors (Lipinski definition) is 1. The molecule has 160 valence electrons. The Morgan fingerprint density at radius 3 is 2.74 bits per heavy atom. The average molecular weight is 436 g/mol. The van der Waals surface area contributed by atoms with Crippen LogP contribution in [0.15, 0.2) is 65.2 Å². The number of ether oxygens (including phenoxy) is 1. The molecule has 2 aromatic rings. The first-order valence-electron chi connectivity index (χ1n) is 10.4. The van der Waals surface area contributed by atoms with Crippen molar-refractivity contribution in [2.24, 2.45) is 4.99 Å². The van der Waals surface area contributed by atoms with Crippen LogP contribution in [0.5, 0.6) is 0 Å². The van der Waals surface area contributed by atoms with Gasteiger partial charge in [0.2, 0.25) is 5.91 Å². The molecule has 0 spiro atoms. The molecule has 1 saturated heterocycles. The third-order valence-corrected chi connectivity index (χ3v) is 6.21. The molecule has 1 unspecified atom stereocenters. The number of aliphatic imine (C=N–C) groups is 1. The molecular formula is C24H25N3O3S. The zero-order valence-electron chi connectivity index (χ0n) is 17.6. The number of thioether (sulfide) groups is 1. The third-order valence-electron chi connectivity index (χ3n) is 5.13. The van der Waals surface area contributed by atoms with Gasteiger partial charge in [0.15, 0.2) is 5.17 Å². The van der Waals surface area contributed by atoms with Crippen LogP contribution in [0.2, 0.25) is 0 Å². The van der Waals surface area contributed by atoms with Crippen molar-refractivity contribution in [2.75, 3.05) is 24.2 Å². The number of benzene rings is 2. The fraction of sp³-hybridized carbons (Fsp3) is 0.292. The van der Waals surface area contributed by atoms with E-state index in [9.17, 15) is 9.59 Å². The van der Waals surface area contributed by atoms with Crippen LogP contribution in [0.25, 0.3) is 5.70 Å². The first-order valence-corrected chi connectivity index (χ1v) is 11.4. The van der Waals surface area contributed by atoms with Crippen LogP contribution in [0.3, 0.4) is 0 Å². The summed E-state index contributed by atoms with van der Waals surface area (Å²) in [5, 5.41) is 3.75. The average Bonchev–Trinajstić information content (AvgIpc) is 2.78. The first-order chi connectivity index (χ1) is 15.1. The molecule has 6 nitrogen and oxygen atoms in total. The largest absolute Gasteiger partial charge is 0.463 e. The fourth-order valence-corrected chi connectivity index (χ4v) is 4.90. The van der Waals surface area contributed by atoms with E-state index in [-0.39, 0.29) is 24.5 Å². The highest BCUT2D eigenvalue weighted by molar-refractivity contribution is 8.13. The van der Waals surface area contributed by atoms with Gasteiger partial charge in [-0.15, -0.1) is 0 Å². The molecule has 0 aliphatic carbocycles. The van der Waals surface area contributed by atoms with E-state index in [2.05, 4.69) is 10.2 Å². The Morgan fingerprint density at radius 2 is 2.00 bits per heavy atom. The zero-order valence-corrected chi connectivity index (χ0v) is 18.4. The number of amides is 1. The summed E-state index contributed by atoms with van der Waals surface area (Å²) in [6.45, 7) is 4.37. The van der Waals surface area contributed by atoms with Crippen molar-refractivity contribution >= 4 is 40.2 Å². The summed E-state index contributed by atoms with van der Waals surface area (Å²) in [5.41, 5.74) is 3.67. The molecule has 31 heavy (non-hydrogen) atoms. The van der Waals surface area contributed by atoms with Crippen LogP contribution in [0.4, 0.5) is 5.69 Å². The molecule has 7 heteroatoms. The summed E-state index contributed by atoms with van der Waals surface area (Å²) in [7, 11) is 0. The number of nitrogens with one attached hydrogen (secondary N) is 1. The van der Waals surface area contributed by atoms with Gasteiger partial charge in [0.1, 0.15) is 0 Å². The number of hydrogen-bond acceptors (Lipinski definition) is 6. The van der Waals surface area contributed by atoms with Gasteiger partial charge in [-0.2, -0.15) is 0 Å². The Morgan fingerprint density at radius 1 is 1.19 bits per heavy atom. The molecule has 4 rings (SSSR count). The van der Waals surface area contributed by atoms with Crippen molar-refractivity contribution < 1.29 is 14.3 Å². The van der Waals surface area contributed by atoms with Crippen LogP contribution in [-0.4, -0.2) is 40.8 Å². The first kappa shape index (κ1) is 21.2. The van der Waals surface area contributed by atoms with Gasteiger partial charge >= 0.3 is 5.97 Å². The van der Waals surface area contributed by atoms with Crippen molar-refractivity contribution in [1.82, 2.24) is 4.90 Å². The highest BCUT2D eigenvalue weighted by Gasteiger charge is 2.39. The molecule has 2 aliphatic rings. The Bertz CT molecular complexity index is 1050. The molecule has 1 atom stereocenters. The van der Waals surface area contributed by atoms with Gasteiger partial charge < -0.3 is 15.0 Å². The van der Waals surface area contributed by atoms with Crippen LogP contribution < -0.4 is 5.32 Å². The Hall–Kier alpha value is -3.06. The maximum Gasteiger partial charge on any atom is 0.338 e. The minimum Gasteiger partial charge on any atom is -0.463 e. The van der Waals surface area contributed by atoms with Gasteiger partial charge in [0, 0.05) is 30.5 Å². The number of carbonyl (C=O) groups excluding carboxylic acids is 2. The van der Waals surface area contributed by atoms with Gasteiger partial charge in [0.05, 0.1) is 23.9 Å². The van der Waals surface area contributed by atoms with E-state index >= 15 is 0 Å². The molecule has 1 N–H and O–H groups in total. The molecule has 0 saturated carbocycles. The second kappa shape index (κ2) is 9.39. The van der Waals surface area contributed by atoms with Gasteiger partial charge in [-0.3, -0.25) is 4.79 Å². The van der Waals surface area contributed by atoms with E-state index in [1.165, 1.54) is 6.92 Å². The van der Waals surface area contributed by atoms with Crippen molar-refractivity contribution in [3.63, 3.8) is 0 Å². The molecular weight excluding hydrogens is 410 g/mol. The molecule has 2 aromatic carbocycles. The summed E-state index contributed by atoms with van der Waals surface area (Å²) in [4.78, 5) is 31.9. The fourth-order valence-electron chi connectivity index (χ4n) is 3.92. The normalized spacial score (nSPS) is 18.2. The van der Waals surface area contributed by atoms with Gasteiger partial charge in [0.25, 0.3) is 0 Å². The minimum absolute atomic E-state index is 0.136. The Labute approximate surface area is 186 Å². The molecule has 0 bridgehead atoms. The predicted molar refractivity (Wildman–Crippen MR) is 125 cm³/mol. The van der Waals surface area contributed by atoms with E-state index < -0.39 is 0 Å². The maximum absolute atomic E-state index is 13.3. The summed E-state index contributed by atoms with van der Waals surface area (Å²) >= 11 is 1.71. The SMILES string of the molecule is CCOC(=O)C1=C(c2ccccc2)N=C2SCCCN2C1c1cccc(NC(C)=O)c1. The summed E-state index contributed by atoms with van der Waals surface area (Å²) in [6.07, 6.45) is 1.00. The Kier molecular flexibility index (Phi) is 6.42. The molecule has 2 heterocycles. The molecule has 2 aliphatic heterocycles. The van der Waals surface area contributed by atoms with Crippen molar-refractivity contribution in [3.05, 3.63) is 71.3 Å². The van der Waals surface area contributed by atoms with Gasteiger partial charge in [-0.05, 0) is 31.0 Å². The lowest BCUT2D eigenvalue weighted by Crippen LogP contribution is -2.42. The molecule has 0 radical (unpaired) electrons. The van der Waals surface area contributed by atoms with E-state index in [1.807, 2.05) is 54.6 Å². The van der Waals surface area contributed by atoms with Crippen molar-refractivity contribution in [1.29, 1.82) is 0 Å². The van der Waals surface area contributed by atoms with Crippen LogP contribution >= 0.6 is 11.8 Å². The molecule has 0 aromatic heterocycles. The van der Waals surface area contributed by atoms with E-state index in [0.29, 0.717) is 17.0 Å². The number of amidine groups is 1. The minimum atomic E-state index is -0.366. The summed E-state index contributed by atoms with van der Waals surface area (Å²) in [5.74, 6) is 0.488. The van der Waals surface area contributed by atoms with Gasteiger partial charge in [-0.1, -0.05) is 54.2 Å². The topological polar surface area (TPSA) is 71.0 Å². The standard InChI is InChI=1S/C24H25N3O3S/c1-3-30-23(29)20-21(17-9-5-4-6-10-17)26-24-27(13-8-14-31-24)22(20)18-11-7-12-19(15-18)25-16(2)28/h4-7,9-12,15,22H,3,8,13-14H2,1-2H3,(H,25,28). The zero-order chi connectivity index (χ0) is 21.8. The van der Waals surface area contributed by atoms with Crippen LogP contribution in [0, 0.1) is 0 Å². The lowest BCUT2D eigenvalue weighted by Gasteiger charge is -2.41. The number of esters is 1. The number of anilines is 1. The summed E-state index contributed by atoms with van der Waals surface area (Å²) < 4.78 is 5.49. The van der Waals surface area contributed by atoms with E-state index in [0.717, 1.165) is 35.0 Å². The summed E-state index contributed by atoms with van der Waals surface area (Å²) in [6, 6.07) is 17.1. The number of fused-ring (bicyclic) bond motifs is 1. The highest BCUT2D eigenvalue weighted by atomic mass is 32.2. The Balaban J connectivity index is 1.91. The predicted octanol–water partition coefficient (Wildman–Crippen LogP) is 4.47. The number of carbonyl (C=O) groups is 2. The lowest BCUT2D eigenvalue weighted by molar-refractivity contribution is -0.139. The number of rotatable bonds is 5. The smallest absolute Gasteiger partial charge is 0.338 e. The van der Waals surface area contributed by atoms with E-state index in [1.54, 1.807) is 18.7 Å². The monoisotopic (exact) mass is 435 g/mol. The molecule has 1 fully saturated rings. The third kappa shape index (κ3) is 4.51. The lowest BCUT2D eigenvalue weighted by atomic mass is 9.91. The second-order valence-electron chi connectivity index (χ2n) is 7.35. The van der Waals surface area contributed by atoms with Crippen LogP contribution in [0.1, 0.15) is 37.4 Å². The van der Waals surface area contributed by atoms with Gasteiger partial charge in [-0.25, -0.2) is 9.79 Å². The second-order valence-corrected chi connectivity index (χ2v) is 8.41. The van der Waals surface area contributed by atoms with Crippen molar-refractivity contribution in [2.45, 2.75) is 26.3 Å². The number of nitrogens with zero attached hydrogens (tertiary/aromatic N) is 2.